The van der Waals surface area contributed by atoms with Crippen molar-refractivity contribution in [1.29, 1.82) is 0 Å². The molecule has 0 bridgehead atoms. The van der Waals surface area contributed by atoms with E-state index in [9.17, 15) is 5.11 Å². The van der Waals surface area contributed by atoms with Gasteiger partial charge in [0.25, 0.3) is 0 Å². The van der Waals surface area contributed by atoms with Gasteiger partial charge < -0.3 is 10.4 Å². The van der Waals surface area contributed by atoms with E-state index in [4.69, 9.17) is 0 Å². The van der Waals surface area contributed by atoms with Crippen molar-refractivity contribution < 1.29 is 5.11 Å². The fraction of sp³-hybridized carbons (Fsp3) is 0.200. The lowest BCUT2D eigenvalue weighted by atomic mass is 9.86. The van der Waals surface area contributed by atoms with Crippen molar-refractivity contribution in [2.75, 3.05) is 13.6 Å². The van der Waals surface area contributed by atoms with Gasteiger partial charge in [0.2, 0.25) is 0 Å². The molecule has 2 heteroatoms. The van der Waals surface area contributed by atoms with Crippen LogP contribution in [0.15, 0.2) is 66.7 Å². The summed E-state index contributed by atoms with van der Waals surface area (Å²) in [6.07, 6.45) is 0.951. The van der Waals surface area contributed by atoms with E-state index in [0.29, 0.717) is 5.75 Å². The number of rotatable bonds is 5. The van der Waals surface area contributed by atoms with Gasteiger partial charge in [0.05, 0.1) is 0 Å². The molecular weight excluding hydrogens is 270 g/mol. The van der Waals surface area contributed by atoms with E-state index in [0.717, 1.165) is 29.3 Å². The molecule has 0 amide bonds. The molecule has 0 saturated heterocycles. The summed E-state index contributed by atoms with van der Waals surface area (Å²) in [6.45, 7) is 0.909. The number of phenols is 1. The van der Waals surface area contributed by atoms with E-state index in [1.807, 2.05) is 37.4 Å². The second-order valence-electron chi connectivity index (χ2n) is 5.58. The maximum absolute atomic E-state index is 10.8. The summed E-state index contributed by atoms with van der Waals surface area (Å²) in [5.41, 5.74) is 2.24. The maximum Gasteiger partial charge on any atom is 0.127 e. The zero-order valence-corrected chi connectivity index (χ0v) is 12.8. The quantitative estimate of drug-likeness (QED) is 0.735. The summed E-state index contributed by atoms with van der Waals surface area (Å²) in [4.78, 5) is 0. The van der Waals surface area contributed by atoms with Crippen LogP contribution in [0.1, 0.15) is 23.5 Å². The molecule has 0 radical (unpaired) electrons. The normalized spacial score (nSPS) is 12.4. The molecule has 0 aromatic heterocycles. The van der Waals surface area contributed by atoms with Crippen LogP contribution in [0.2, 0.25) is 0 Å². The maximum atomic E-state index is 10.8. The van der Waals surface area contributed by atoms with Gasteiger partial charge >= 0.3 is 0 Å². The smallest absolute Gasteiger partial charge is 0.127 e. The minimum Gasteiger partial charge on any atom is -0.507 e. The lowest BCUT2D eigenvalue weighted by molar-refractivity contribution is 0.468. The Morgan fingerprint density at radius 2 is 1.64 bits per heavy atom. The molecule has 0 aliphatic carbocycles. The third kappa shape index (κ3) is 2.83. The third-order valence-electron chi connectivity index (χ3n) is 4.19. The molecule has 3 aromatic carbocycles. The highest BCUT2D eigenvalue weighted by Crippen LogP contribution is 2.38. The number of hydrogen-bond acceptors (Lipinski definition) is 2. The van der Waals surface area contributed by atoms with E-state index in [-0.39, 0.29) is 5.92 Å². The summed E-state index contributed by atoms with van der Waals surface area (Å²) >= 11 is 0. The molecule has 2 N–H and O–H groups in total. The van der Waals surface area contributed by atoms with Crippen LogP contribution in [0.5, 0.6) is 5.75 Å². The molecule has 1 atom stereocenters. The third-order valence-corrected chi connectivity index (χ3v) is 4.19. The van der Waals surface area contributed by atoms with Crippen LogP contribution in [0.3, 0.4) is 0 Å². The molecule has 0 aliphatic rings. The van der Waals surface area contributed by atoms with Gasteiger partial charge in [0.1, 0.15) is 5.75 Å². The highest BCUT2D eigenvalue weighted by Gasteiger charge is 2.18. The average molecular weight is 291 g/mol. The lowest BCUT2D eigenvalue weighted by Gasteiger charge is -2.20. The van der Waals surface area contributed by atoms with Gasteiger partial charge in [-0.1, -0.05) is 66.7 Å². The molecule has 0 saturated carbocycles. The van der Waals surface area contributed by atoms with E-state index in [2.05, 4.69) is 41.7 Å². The number of aromatic hydroxyl groups is 1. The van der Waals surface area contributed by atoms with Gasteiger partial charge in [0, 0.05) is 16.9 Å². The Labute approximate surface area is 131 Å². The van der Waals surface area contributed by atoms with E-state index >= 15 is 0 Å². The predicted molar refractivity (Wildman–Crippen MR) is 92.4 cm³/mol. The largest absolute Gasteiger partial charge is 0.507 e. The van der Waals surface area contributed by atoms with Gasteiger partial charge in [-0.25, -0.2) is 0 Å². The van der Waals surface area contributed by atoms with Crippen molar-refractivity contribution in [3.63, 3.8) is 0 Å². The van der Waals surface area contributed by atoms with Crippen molar-refractivity contribution >= 4 is 10.8 Å². The van der Waals surface area contributed by atoms with E-state index in [1.165, 1.54) is 5.56 Å². The van der Waals surface area contributed by atoms with Crippen LogP contribution in [-0.4, -0.2) is 18.7 Å². The molecule has 0 unspecified atom stereocenters. The predicted octanol–water partition coefficient (Wildman–Crippen LogP) is 4.29. The van der Waals surface area contributed by atoms with Gasteiger partial charge in [0.15, 0.2) is 0 Å². The minimum absolute atomic E-state index is 0.193. The first-order valence-corrected chi connectivity index (χ1v) is 7.71. The Hall–Kier alpha value is -2.32. The molecule has 0 fully saturated rings. The number of fused-ring (bicyclic) bond motifs is 1. The SMILES string of the molecule is CNCC[C@@H](c1ccccc1)c1ccc2ccccc2c1O. The van der Waals surface area contributed by atoms with Crippen molar-refractivity contribution in [3.05, 3.63) is 77.9 Å². The molecule has 3 aromatic rings. The number of hydrogen-bond donors (Lipinski definition) is 2. The van der Waals surface area contributed by atoms with Crippen molar-refractivity contribution in [3.8, 4) is 5.75 Å². The second-order valence-corrected chi connectivity index (χ2v) is 5.58. The Morgan fingerprint density at radius 1 is 0.909 bits per heavy atom. The number of nitrogens with one attached hydrogen (secondary N) is 1. The van der Waals surface area contributed by atoms with Crippen molar-refractivity contribution in [2.45, 2.75) is 12.3 Å². The summed E-state index contributed by atoms with van der Waals surface area (Å²) in [7, 11) is 1.96. The van der Waals surface area contributed by atoms with Crippen LogP contribution < -0.4 is 5.32 Å². The molecule has 0 spiro atoms. The molecule has 2 nitrogen and oxygen atoms in total. The van der Waals surface area contributed by atoms with Crippen LogP contribution in [-0.2, 0) is 0 Å². The minimum atomic E-state index is 0.193. The zero-order chi connectivity index (χ0) is 15.4. The first-order chi connectivity index (χ1) is 10.8. The zero-order valence-electron chi connectivity index (χ0n) is 12.8. The fourth-order valence-electron chi connectivity index (χ4n) is 3.03. The first-order valence-electron chi connectivity index (χ1n) is 7.71. The van der Waals surface area contributed by atoms with Gasteiger partial charge in [-0.15, -0.1) is 0 Å². The van der Waals surface area contributed by atoms with Gasteiger partial charge in [-0.05, 0) is 31.0 Å². The monoisotopic (exact) mass is 291 g/mol. The Kier molecular flexibility index (Phi) is 4.40. The second kappa shape index (κ2) is 6.63. The summed E-state index contributed by atoms with van der Waals surface area (Å²) in [5, 5.41) is 16.0. The van der Waals surface area contributed by atoms with Crippen LogP contribution >= 0.6 is 0 Å². The molecule has 0 aliphatic heterocycles. The summed E-state index contributed by atoms with van der Waals surface area (Å²) in [6, 6.07) is 22.5. The standard InChI is InChI=1S/C20H21NO/c1-21-14-13-17(15-7-3-2-4-8-15)19-12-11-16-9-5-6-10-18(16)20(19)22/h2-12,17,21-22H,13-14H2,1H3/t17-/m0/s1. The average Bonchev–Trinajstić information content (AvgIpc) is 2.58. The van der Waals surface area contributed by atoms with Crippen LogP contribution in [0.4, 0.5) is 0 Å². The highest BCUT2D eigenvalue weighted by molar-refractivity contribution is 5.89. The number of benzene rings is 3. The fourth-order valence-corrected chi connectivity index (χ4v) is 3.03. The first kappa shape index (κ1) is 14.6. The Balaban J connectivity index is 2.09. The summed E-state index contributed by atoms with van der Waals surface area (Å²) in [5.74, 6) is 0.598. The molecule has 3 rings (SSSR count). The van der Waals surface area contributed by atoms with E-state index < -0.39 is 0 Å². The Bertz CT molecular complexity index is 752. The number of phenolic OH excluding ortho intramolecular Hbond substituents is 1. The molecule has 112 valence electrons. The molecule has 0 heterocycles. The van der Waals surface area contributed by atoms with Crippen molar-refractivity contribution in [2.24, 2.45) is 0 Å². The van der Waals surface area contributed by atoms with Gasteiger partial charge in [-0.3, -0.25) is 0 Å². The van der Waals surface area contributed by atoms with Crippen molar-refractivity contribution in [1.82, 2.24) is 5.32 Å². The molecule has 22 heavy (non-hydrogen) atoms. The molecular formula is C20H21NO. The van der Waals surface area contributed by atoms with Gasteiger partial charge in [-0.2, -0.15) is 0 Å². The van der Waals surface area contributed by atoms with E-state index in [1.54, 1.807) is 0 Å². The highest BCUT2D eigenvalue weighted by atomic mass is 16.3. The topological polar surface area (TPSA) is 32.3 Å². The van der Waals surface area contributed by atoms with Crippen LogP contribution in [0.25, 0.3) is 10.8 Å². The van der Waals surface area contributed by atoms with Crippen LogP contribution in [0, 0.1) is 0 Å². The summed E-state index contributed by atoms with van der Waals surface area (Å²) < 4.78 is 0. The lowest BCUT2D eigenvalue weighted by Crippen LogP contribution is -2.13. The Morgan fingerprint density at radius 3 is 2.41 bits per heavy atom.